The summed E-state index contributed by atoms with van der Waals surface area (Å²) < 4.78 is 7.84. The summed E-state index contributed by atoms with van der Waals surface area (Å²) >= 11 is 0. The fourth-order valence-corrected chi connectivity index (χ4v) is 4.69. The van der Waals surface area contributed by atoms with Crippen molar-refractivity contribution in [2.45, 2.75) is 33.5 Å². The fourth-order valence-electron chi connectivity index (χ4n) is 4.69. The van der Waals surface area contributed by atoms with Crippen molar-refractivity contribution < 1.29 is 9.53 Å². The number of hydrogen-bond donors (Lipinski definition) is 3. The lowest BCUT2D eigenvalue weighted by atomic mass is 10.1. The van der Waals surface area contributed by atoms with Gasteiger partial charge in [0.2, 0.25) is 0 Å². The van der Waals surface area contributed by atoms with Crippen LogP contribution in [0.25, 0.3) is 33.8 Å². The van der Waals surface area contributed by atoms with Gasteiger partial charge >= 0.3 is 6.09 Å². The number of nitrogens with zero attached hydrogens (tertiary/aromatic N) is 5. The van der Waals surface area contributed by atoms with E-state index in [1.54, 1.807) is 11.1 Å². The number of aromatic amines is 2. The number of carbonyl (C=O) groups is 1. The van der Waals surface area contributed by atoms with Gasteiger partial charge in [-0.3, -0.25) is 9.78 Å². The number of amides is 1. The summed E-state index contributed by atoms with van der Waals surface area (Å²) in [5.41, 5.74) is 7.31. The molecule has 2 aromatic carbocycles. The normalized spacial score (nSPS) is 12.7. The molecule has 188 valence electrons. The maximum Gasteiger partial charge on any atom is 0.415 e. The molecule has 3 N–H and O–H groups in total. The largest absolute Gasteiger partial charge is 0.415 e. The Hall–Kier alpha value is -4.44. The molecule has 10 nitrogen and oxygen atoms in total. The lowest BCUT2D eigenvalue weighted by Gasteiger charge is -2.18. The summed E-state index contributed by atoms with van der Waals surface area (Å²) in [6.45, 7) is 7.29. The molecule has 1 aliphatic heterocycles. The van der Waals surface area contributed by atoms with Crippen LogP contribution < -0.4 is 10.1 Å². The minimum absolute atomic E-state index is 0.352. The Labute approximate surface area is 213 Å². The SMILES string of the molecule is CCN(CC)C(=O)Oc1c(-c2ccc(Cn3cccn3)cc2)n[nH]c1-c1nc2cc3c(cc2[nH]1)CNC3. The molecule has 0 atom stereocenters. The van der Waals surface area contributed by atoms with E-state index in [0.29, 0.717) is 42.6 Å². The van der Waals surface area contributed by atoms with Crippen molar-refractivity contribution >= 4 is 17.1 Å². The third-order valence-electron chi connectivity index (χ3n) is 6.73. The van der Waals surface area contributed by atoms with Crippen molar-refractivity contribution in [1.82, 2.24) is 40.2 Å². The number of rotatable bonds is 7. The smallest absolute Gasteiger partial charge is 0.405 e. The number of fused-ring (bicyclic) bond motifs is 2. The Bertz CT molecular complexity index is 1500. The highest BCUT2D eigenvalue weighted by atomic mass is 16.6. The van der Waals surface area contributed by atoms with Gasteiger partial charge in [0.1, 0.15) is 11.4 Å². The quantitative estimate of drug-likeness (QED) is 0.309. The lowest BCUT2D eigenvalue weighted by molar-refractivity contribution is 0.157. The van der Waals surface area contributed by atoms with Crippen LogP contribution in [0.1, 0.15) is 30.5 Å². The second-order valence-electron chi connectivity index (χ2n) is 9.04. The average Bonchev–Trinajstić information content (AvgIpc) is 3.70. The Balaban J connectivity index is 1.38. The number of imidazole rings is 1. The van der Waals surface area contributed by atoms with E-state index in [4.69, 9.17) is 9.72 Å². The molecule has 0 spiro atoms. The van der Waals surface area contributed by atoms with Gasteiger partial charge < -0.3 is 19.9 Å². The highest BCUT2D eigenvalue weighted by Crippen LogP contribution is 2.37. The first-order valence-corrected chi connectivity index (χ1v) is 12.5. The minimum atomic E-state index is -0.426. The molecule has 6 rings (SSSR count). The summed E-state index contributed by atoms with van der Waals surface area (Å²) in [6.07, 6.45) is 3.26. The number of hydrogen-bond acceptors (Lipinski definition) is 6. The maximum absolute atomic E-state index is 13.0. The van der Waals surface area contributed by atoms with E-state index in [1.807, 2.05) is 55.1 Å². The number of benzene rings is 2. The molecule has 0 saturated carbocycles. The molecule has 0 aliphatic carbocycles. The number of H-pyrrole nitrogens is 2. The second kappa shape index (κ2) is 9.55. The first-order chi connectivity index (χ1) is 18.1. The Morgan fingerprint density at radius 3 is 2.62 bits per heavy atom. The average molecular weight is 497 g/mol. The van der Waals surface area contributed by atoms with Crippen LogP contribution in [0.2, 0.25) is 0 Å². The van der Waals surface area contributed by atoms with Gasteiger partial charge in [-0.05, 0) is 48.7 Å². The predicted octanol–water partition coefficient (Wildman–Crippen LogP) is 4.31. The fraction of sp³-hybridized carbons (Fsp3) is 0.259. The highest BCUT2D eigenvalue weighted by Gasteiger charge is 2.25. The molecule has 1 aliphatic rings. The molecule has 10 heteroatoms. The first-order valence-electron chi connectivity index (χ1n) is 12.5. The van der Waals surface area contributed by atoms with E-state index in [1.165, 1.54) is 11.1 Å². The van der Waals surface area contributed by atoms with Gasteiger partial charge in [0.05, 0.1) is 17.6 Å². The summed E-state index contributed by atoms with van der Waals surface area (Å²) in [4.78, 5) is 22.8. The van der Waals surface area contributed by atoms with Gasteiger partial charge in [-0.25, -0.2) is 9.78 Å². The molecule has 0 unspecified atom stereocenters. The number of carbonyl (C=O) groups excluding carboxylic acids is 1. The summed E-state index contributed by atoms with van der Waals surface area (Å²) in [5.74, 6) is 0.924. The van der Waals surface area contributed by atoms with Crippen molar-refractivity contribution in [3.63, 3.8) is 0 Å². The van der Waals surface area contributed by atoms with E-state index >= 15 is 0 Å². The molecule has 0 fully saturated rings. The van der Waals surface area contributed by atoms with Crippen LogP contribution in [0, 0.1) is 0 Å². The summed E-state index contributed by atoms with van der Waals surface area (Å²) in [7, 11) is 0. The predicted molar refractivity (Wildman–Crippen MR) is 140 cm³/mol. The monoisotopic (exact) mass is 496 g/mol. The first kappa shape index (κ1) is 23.0. The van der Waals surface area contributed by atoms with E-state index < -0.39 is 6.09 Å². The van der Waals surface area contributed by atoms with Gasteiger partial charge in [0, 0.05) is 44.1 Å². The molecule has 0 radical (unpaired) electrons. The molecule has 3 aromatic heterocycles. The van der Waals surface area contributed by atoms with Crippen LogP contribution in [0.5, 0.6) is 5.75 Å². The van der Waals surface area contributed by atoms with Crippen LogP contribution in [-0.4, -0.2) is 54.0 Å². The molecule has 1 amide bonds. The molecular formula is C27H28N8O2. The number of ether oxygens (including phenoxy) is 1. The minimum Gasteiger partial charge on any atom is -0.405 e. The van der Waals surface area contributed by atoms with Gasteiger partial charge in [-0.1, -0.05) is 24.3 Å². The second-order valence-corrected chi connectivity index (χ2v) is 9.04. The van der Waals surface area contributed by atoms with Crippen LogP contribution >= 0.6 is 0 Å². The van der Waals surface area contributed by atoms with Crippen LogP contribution in [0.4, 0.5) is 4.79 Å². The zero-order valence-corrected chi connectivity index (χ0v) is 20.8. The van der Waals surface area contributed by atoms with Crippen LogP contribution in [0.15, 0.2) is 54.9 Å². The topological polar surface area (TPSA) is 117 Å². The van der Waals surface area contributed by atoms with Crippen LogP contribution in [0.3, 0.4) is 0 Å². The van der Waals surface area contributed by atoms with Crippen molar-refractivity contribution in [1.29, 1.82) is 0 Å². The molecule has 0 bridgehead atoms. The maximum atomic E-state index is 13.0. The van der Waals surface area contributed by atoms with Gasteiger partial charge in [-0.15, -0.1) is 0 Å². The van der Waals surface area contributed by atoms with Crippen molar-refractivity contribution in [3.8, 4) is 28.5 Å². The lowest BCUT2D eigenvalue weighted by Crippen LogP contribution is -2.33. The zero-order valence-electron chi connectivity index (χ0n) is 20.8. The van der Waals surface area contributed by atoms with Crippen LogP contribution in [-0.2, 0) is 19.6 Å². The Morgan fingerprint density at radius 1 is 1.11 bits per heavy atom. The van der Waals surface area contributed by atoms with E-state index in [-0.39, 0.29) is 0 Å². The standard InChI is InChI=1S/C27H28N8O2/c1-3-34(4-2)27(36)37-25-23(18-8-6-17(7-9-18)16-35-11-5-10-29-35)32-33-24(25)26-30-21-12-19-14-28-15-20(19)13-22(21)31-26/h5-13,28H,3-4,14-16H2,1-2H3,(H,30,31)(H,32,33). The molecule has 0 saturated heterocycles. The van der Waals surface area contributed by atoms with Crippen molar-refractivity contribution in [2.24, 2.45) is 0 Å². The van der Waals surface area contributed by atoms with E-state index in [9.17, 15) is 4.79 Å². The summed E-state index contributed by atoms with van der Waals surface area (Å²) in [6, 6.07) is 14.1. The Morgan fingerprint density at radius 2 is 1.89 bits per heavy atom. The number of nitrogens with one attached hydrogen (secondary N) is 3. The third kappa shape index (κ3) is 4.36. The van der Waals surface area contributed by atoms with Gasteiger partial charge in [0.25, 0.3) is 0 Å². The van der Waals surface area contributed by atoms with E-state index in [0.717, 1.165) is 35.2 Å². The molecule has 5 aromatic rings. The molecule has 37 heavy (non-hydrogen) atoms. The van der Waals surface area contributed by atoms with Gasteiger partial charge in [0.15, 0.2) is 11.6 Å². The Kier molecular flexibility index (Phi) is 5.93. The third-order valence-corrected chi connectivity index (χ3v) is 6.73. The summed E-state index contributed by atoms with van der Waals surface area (Å²) in [5, 5.41) is 15.3. The number of aromatic nitrogens is 6. The van der Waals surface area contributed by atoms with Gasteiger partial charge in [-0.2, -0.15) is 10.2 Å². The zero-order chi connectivity index (χ0) is 25.4. The van der Waals surface area contributed by atoms with E-state index in [2.05, 4.69) is 37.7 Å². The molecular weight excluding hydrogens is 468 g/mol. The molecule has 4 heterocycles. The van der Waals surface area contributed by atoms with Crippen molar-refractivity contribution in [2.75, 3.05) is 13.1 Å². The van der Waals surface area contributed by atoms with Crippen molar-refractivity contribution in [3.05, 3.63) is 71.5 Å². The highest BCUT2D eigenvalue weighted by molar-refractivity contribution is 5.85.